The molecule has 0 spiro atoms. The van der Waals surface area contributed by atoms with E-state index in [1.54, 1.807) is 24.4 Å². The van der Waals surface area contributed by atoms with Crippen molar-refractivity contribution in [3.05, 3.63) is 42.0 Å². The molecule has 2 fully saturated rings. The molecule has 5 N–H and O–H groups in total. The molecular formula is C23H28FN7OS. The van der Waals surface area contributed by atoms with E-state index in [0.29, 0.717) is 22.2 Å². The Balaban J connectivity index is 1.41. The molecule has 1 aliphatic heterocycles. The summed E-state index contributed by atoms with van der Waals surface area (Å²) in [5.41, 5.74) is 13.3. The predicted molar refractivity (Wildman–Crippen MR) is 129 cm³/mol. The number of amides is 1. The van der Waals surface area contributed by atoms with Crippen LogP contribution in [0.1, 0.15) is 42.6 Å². The topological polar surface area (TPSA) is 115 Å². The SMILES string of the molecule is Nc1sc(-c2ccccc2F)nc1C(=O)Nc1cnn(CC2CC2)c1N1CCC[C@@H](N)CC1. The molecule has 1 atom stereocenters. The molecule has 1 aromatic carbocycles. The molecule has 10 heteroatoms. The van der Waals surface area contributed by atoms with Gasteiger partial charge >= 0.3 is 0 Å². The Morgan fingerprint density at radius 1 is 1.21 bits per heavy atom. The summed E-state index contributed by atoms with van der Waals surface area (Å²) in [7, 11) is 0. The summed E-state index contributed by atoms with van der Waals surface area (Å²) >= 11 is 1.10. The van der Waals surface area contributed by atoms with Crippen LogP contribution in [0.3, 0.4) is 0 Å². The highest BCUT2D eigenvalue weighted by atomic mass is 32.1. The van der Waals surface area contributed by atoms with Crippen molar-refractivity contribution in [1.82, 2.24) is 14.8 Å². The number of nitrogens with one attached hydrogen (secondary N) is 1. The van der Waals surface area contributed by atoms with Crippen molar-refractivity contribution >= 4 is 33.8 Å². The molecule has 1 saturated heterocycles. The van der Waals surface area contributed by atoms with E-state index < -0.39 is 11.7 Å². The van der Waals surface area contributed by atoms with Crippen molar-refractivity contribution in [2.45, 2.75) is 44.7 Å². The minimum absolute atomic E-state index is 0.0945. The zero-order chi connectivity index (χ0) is 22.9. The molecule has 8 nitrogen and oxygen atoms in total. The molecule has 3 aromatic rings. The maximum atomic E-state index is 14.2. The van der Waals surface area contributed by atoms with Crippen molar-refractivity contribution in [2.75, 3.05) is 29.0 Å². The Morgan fingerprint density at radius 2 is 2.03 bits per heavy atom. The Hall–Kier alpha value is -2.98. The van der Waals surface area contributed by atoms with E-state index in [1.165, 1.54) is 18.9 Å². The van der Waals surface area contributed by atoms with Crippen molar-refractivity contribution in [3.8, 4) is 10.6 Å². The van der Waals surface area contributed by atoms with Crippen molar-refractivity contribution < 1.29 is 9.18 Å². The van der Waals surface area contributed by atoms with Gasteiger partial charge in [0.05, 0.1) is 6.20 Å². The summed E-state index contributed by atoms with van der Waals surface area (Å²) in [4.78, 5) is 19.8. The summed E-state index contributed by atoms with van der Waals surface area (Å²) in [6, 6.07) is 6.52. The number of halogens is 1. The van der Waals surface area contributed by atoms with Crippen LogP contribution in [0.15, 0.2) is 30.5 Å². The highest BCUT2D eigenvalue weighted by molar-refractivity contribution is 7.19. The van der Waals surface area contributed by atoms with Gasteiger partial charge in [0.15, 0.2) is 11.5 Å². The normalized spacial score (nSPS) is 18.8. The van der Waals surface area contributed by atoms with Gasteiger partial charge < -0.3 is 21.7 Å². The second-order valence-electron chi connectivity index (χ2n) is 8.85. The Kier molecular flexibility index (Phi) is 6.03. The van der Waals surface area contributed by atoms with Gasteiger partial charge in [-0.25, -0.2) is 14.1 Å². The standard InChI is InChI=1S/C23H28FN7OS/c24-17-6-2-1-5-16(17)22-29-19(20(26)33-22)21(32)28-18-12-27-31(13-14-7-8-14)23(18)30-10-3-4-15(25)9-11-30/h1-2,5-6,12,14-15H,3-4,7-11,13,25-26H2,(H,28,32)/t15-/m1/s1. The van der Waals surface area contributed by atoms with E-state index >= 15 is 0 Å². The third kappa shape index (κ3) is 4.72. The number of aromatic nitrogens is 3. The number of anilines is 3. The number of nitrogens with zero attached hydrogens (tertiary/aromatic N) is 4. The highest BCUT2D eigenvalue weighted by Crippen LogP contribution is 2.36. The fourth-order valence-corrected chi connectivity index (χ4v) is 5.09. The molecule has 174 valence electrons. The van der Waals surface area contributed by atoms with Crippen molar-refractivity contribution in [2.24, 2.45) is 11.7 Å². The maximum absolute atomic E-state index is 14.2. The van der Waals surface area contributed by atoms with Crippen LogP contribution in [0, 0.1) is 11.7 Å². The Labute approximate surface area is 195 Å². The smallest absolute Gasteiger partial charge is 0.277 e. The first-order chi connectivity index (χ1) is 16.0. The average molecular weight is 470 g/mol. The number of hydrogen-bond acceptors (Lipinski definition) is 7. The summed E-state index contributed by atoms with van der Waals surface area (Å²) in [5, 5.41) is 8.18. The number of nitrogens with two attached hydrogens (primary N) is 2. The monoisotopic (exact) mass is 469 g/mol. The number of carbonyl (C=O) groups is 1. The van der Waals surface area contributed by atoms with Gasteiger partial charge in [-0.3, -0.25) is 4.79 Å². The lowest BCUT2D eigenvalue weighted by Gasteiger charge is -2.25. The third-order valence-corrected chi connectivity index (χ3v) is 7.15. The lowest BCUT2D eigenvalue weighted by atomic mass is 10.1. The summed E-state index contributed by atoms with van der Waals surface area (Å²) < 4.78 is 16.2. The van der Waals surface area contributed by atoms with Gasteiger partial charge in [0.2, 0.25) is 0 Å². The maximum Gasteiger partial charge on any atom is 0.277 e. The quantitative estimate of drug-likeness (QED) is 0.507. The lowest BCUT2D eigenvalue weighted by molar-refractivity contribution is 0.102. The van der Waals surface area contributed by atoms with Gasteiger partial charge in [-0.05, 0) is 50.2 Å². The molecule has 0 radical (unpaired) electrons. The molecule has 1 saturated carbocycles. The summed E-state index contributed by atoms with van der Waals surface area (Å²) in [5.74, 6) is 0.720. The van der Waals surface area contributed by atoms with Gasteiger partial charge in [0.25, 0.3) is 5.91 Å². The average Bonchev–Trinajstić information content (AvgIpc) is 3.47. The first kappa shape index (κ1) is 21.8. The molecular weight excluding hydrogens is 441 g/mol. The minimum atomic E-state index is -0.426. The lowest BCUT2D eigenvalue weighted by Crippen LogP contribution is -2.30. The Morgan fingerprint density at radius 3 is 2.82 bits per heavy atom. The van der Waals surface area contributed by atoms with E-state index in [1.807, 2.05) is 4.68 Å². The highest BCUT2D eigenvalue weighted by Gasteiger charge is 2.28. The molecule has 33 heavy (non-hydrogen) atoms. The largest absolute Gasteiger partial charge is 0.389 e. The number of thiazole rings is 1. The zero-order valence-corrected chi connectivity index (χ0v) is 19.2. The van der Waals surface area contributed by atoms with Crippen molar-refractivity contribution in [3.63, 3.8) is 0 Å². The molecule has 1 amide bonds. The van der Waals surface area contributed by atoms with Gasteiger partial charge in [-0.1, -0.05) is 23.5 Å². The molecule has 5 rings (SSSR count). The minimum Gasteiger partial charge on any atom is -0.389 e. The van der Waals surface area contributed by atoms with Crippen molar-refractivity contribution in [1.29, 1.82) is 0 Å². The molecule has 3 heterocycles. The zero-order valence-electron chi connectivity index (χ0n) is 18.3. The summed E-state index contributed by atoms with van der Waals surface area (Å²) in [6.45, 7) is 2.52. The van der Waals surface area contributed by atoms with E-state index in [2.05, 4.69) is 20.3 Å². The van der Waals surface area contributed by atoms with E-state index in [9.17, 15) is 9.18 Å². The number of carbonyl (C=O) groups excluding carboxylic acids is 1. The molecule has 1 aliphatic carbocycles. The first-order valence-corrected chi connectivity index (χ1v) is 12.2. The van der Waals surface area contributed by atoms with E-state index in [4.69, 9.17) is 11.5 Å². The van der Waals surface area contributed by atoms with E-state index in [-0.39, 0.29) is 16.7 Å². The second kappa shape index (κ2) is 9.11. The fraction of sp³-hybridized carbons (Fsp3) is 0.435. The van der Waals surface area contributed by atoms with Gasteiger partial charge in [0, 0.05) is 31.2 Å². The van der Waals surface area contributed by atoms with Crippen LogP contribution in [0.4, 0.5) is 20.9 Å². The molecule has 2 aliphatic rings. The summed E-state index contributed by atoms with van der Waals surface area (Å²) in [6.07, 6.45) is 6.99. The fourth-order valence-electron chi connectivity index (χ4n) is 4.24. The number of nitrogen functional groups attached to an aromatic ring is 1. The van der Waals surface area contributed by atoms with Crippen LogP contribution in [0.2, 0.25) is 0 Å². The van der Waals surface area contributed by atoms with Crippen LogP contribution < -0.4 is 21.7 Å². The van der Waals surface area contributed by atoms with Gasteiger partial charge in [-0.15, -0.1) is 0 Å². The number of rotatable bonds is 6. The van der Waals surface area contributed by atoms with E-state index in [0.717, 1.165) is 56.1 Å². The Bertz CT molecular complexity index is 1160. The van der Waals surface area contributed by atoms with Crippen LogP contribution in [-0.2, 0) is 6.54 Å². The number of hydrogen-bond donors (Lipinski definition) is 3. The van der Waals surface area contributed by atoms with Gasteiger partial charge in [-0.2, -0.15) is 5.10 Å². The van der Waals surface area contributed by atoms with Crippen LogP contribution in [0.5, 0.6) is 0 Å². The second-order valence-corrected chi connectivity index (χ2v) is 9.88. The molecule has 0 bridgehead atoms. The third-order valence-electron chi connectivity index (χ3n) is 6.23. The number of benzene rings is 1. The van der Waals surface area contributed by atoms with Crippen LogP contribution >= 0.6 is 11.3 Å². The van der Waals surface area contributed by atoms with Crippen LogP contribution in [0.25, 0.3) is 10.6 Å². The van der Waals surface area contributed by atoms with Crippen LogP contribution in [-0.4, -0.2) is 39.8 Å². The first-order valence-electron chi connectivity index (χ1n) is 11.4. The predicted octanol–water partition coefficient (Wildman–Crippen LogP) is 3.71. The molecule has 0 unspecified atom stereocenters. The molecule has 2 aromatic heterocycles. The van der Waals surface area contributed by atoms with Gasteiger partial charge in [0.1, 0.15) is 21.5 Å².